The zero-order valence-electron chi connectivity index (χ0n) is 15.0. The molecule has 0 aromatic heterocycles. The van der Waals surface area contributed by atoms with Crippen LogP contribution in [-0.4, -0.2) is 36.8 Å². The summed E-state index contributed by atoms with van der Waals surface area (Å²) in [5.41, 5.74) is 0.686. The molecule has 1 aromatic carbocycles. The number of halogens is 1. The van der Waals surface area contributed by atoms with Crippen LogP contribution >= 0.6 is 0 Å². The van der Waals surface area contributed by atoms with Crippen molar-refractivity contribution in [3.8, 4) is 0 Å². The minimum atomic E-state index is -0.253. The smallest absolute Gasteiger partial charge is 0.191 e. The van der Waals surface area contributed by atoms with Crippen molar-refractivity contribution in [3.05, 3.63) is 35.6 Å². The summed E-state index contributed by atoms with van der Waals surface area (Å²) in [5, 5.41) is 16.5. The molecule has 2 unspecified atom stereocenters. The second-order valence-electron chi connectivity index (χ2n) is 7.23. The van der Waals surface area contributed by atoms with Gasteiger partial charge in [-0.25, -0.2) is 4.39 Å². The predicted octanol–water partition coefficient (Wildman–Crippen LogP) is 2.82. The molecule has 2 atom stereocenters. The zero-order chi connectivity index (χ0) is 17.6. The van der Waals surface area contributed by atoms with E-state index in [1.54, 1.807) is 12.1 Å². The number of aliphatic imine (C=N–C) groups is 1. The maximum Gasteiger partial charge on any atom is 0.191 e. The molecule has 134 valence electrons. The monoisotopic (exact) mass is 335 g/mol. The predicted molar refractivity (Wildman–Crippen MR) is 96.8 cm³/mol. The van der Waals surface area contributed by atoms with Crippen LogP contribution in [0.1, 0.15) is 45.6 Å². The van der Waals surface area contributed by atoms with Crippen LogP contribution in [0.15, 0.2) is 29.3 Å². The van der Waals surface area contributed by atoms with Crippen molar-refractivity contribution in [2.75, 3.05) is 19.6 Å². The van der Waals surface area contributed by atoms with E-state index in [9.17, 15) is 9.50 Å². The highest BCUT2D eigenvalue weighted by Gasteiger charge is 2.25. The molecule has 1 saturated carbocycles. The average molecular weight is 335 g/mol. The van der Waals surface area contributed by atoms with Gasteiger partial charge in [0.2, 0.25) is 0 Å². The standard InChI is InChI=1S/C19H30FN3O/c1-4-21-18(22-12-14-7-5-10-17(14)24)23-13-19(2,3)15-8-6-9-16(20)11-15/h6,8-9,11,14,17,24H,4-5,7,10,12-13H2,1-3H3,(H2,21,22,23). The third-order valence-corrected chi connectivity index (χ3v) is 4.73. The third kappa shape index (κ3) is 5.20. The lowest BCUT2D eigenvalue weighted by molar-refractivity contribution is 0.134. The molecule has 0 radical (unpaired) electrons. The molecule has 0 saturated heterocycles. The van der Waals surface area contributed by atoms with Gasteiger partial charge in [0.05, 0.1) is 12.6 Å². The molecule has 1 aliphatic rings. The van der Waals surface area contributed by atoms with E-state index in [0.717, 1.165) is 43.9 Å². The van der Waals surface area contributed by atoms with Gasteiger partial charge >= 0.3 is 0 Å². The van der Waals surface area contributed by atoms with Crippen LogP contribution in [0.3, 0.4) is 0 Å². The van der Waals surface area contributed by atoms with Crippen molar-refractivity contribution in [3.63, 3.8) is 0 Å². The van der Waals surface area contributed by atoms with Crippen molar-refractivity contribution in [2.45, 2.75) is 51.6 Å². The highest BCUT2D eigenvalue weighted by atomic mass is 19.1. The maximum absolute atomic E-state index is 13.5. The first-order chi connectivity index (χ1) is 11.4. The molecule has 0 spiro atoms. The number of nitrogens with zero attached hydrogens (tertiary/aromatic N) is 1. The molecule has 0 bridgehead atoms. The molecular formula is C19H30FN3O. The maximum atomic E-state index is 13.5. The summed E-state index contributed by atoms with van der Waals surface area (Å²) in [4.78, 5) is 4.67. The third-order valence-electron chi connectivity index (χ3n) is 4.73. The van der Waals surface area contributed by atoms with Crippen molar-refractivity contribution in [2.24, 2.45) is 10.9 Å². The fraction of sp³-hybridized carbons (Fsp3) is 0.632. The van der Waals surface area contributed by atoms with Crippen LogP contribution in [-0.2, 0) is 5.41 Å². The summed E-state index contributed by atoms with van der Waals surface area (Å²) >= 11 is 0. The number of aliphatic hydroxyl groups excluding tert-OH is 1. The molecule has 1 fully saturated rings. The molecule has 0 amide bonds. The largest absolute Gasteiger partial charge is 0.393 e. The number of hydrogen-bond donors (Lipinski definition) is 3. The van der Waals surface area contributed by atoms with Crippen LogP contribution in [0.25, 0.3) is 0 Å². The first-order valence-electron chi connectivity index (χ1n) is 8.88. The molecule has 2 rings (SSSR count). The first-order valence-corrected chi connectivity index (χ1v) is 8.88. The van der Waals surface area contributed by atoms with Crippen LogP contribution in [0.4, 0.5) is 4.39 Å². The Labute approximate surface area is 144 Å². The highest BCUT2D eigenvalue weighted by molar-refractivity contribution is 5.79. The van der Waals surface area contributed by atoms with Crippen LogP contribution in [0.5, 0.6) is 0 Å². The average Bonchev–Trinajstić information content (AvgIpc) is 2.95. The first kappa shape index (κ1) is 18.7. The van der Waals surface area contributed by atoms with E-state index in [2.05, 4.69) is 29.5 Å². The SMILES string of the molecule is CCNC(=NCC(C)(C)c1cccc(F)c1)NCC1CCCC1O. The molecule has 24 heavy (non-hydrogen) atoms. The summed E-state index contributed by atoms with van der Waals surface area (Å²) < 4.78 is 13.5. The lowest BCUT2D eigenvalue weighted by Gasteiger charge is -2.24. The number of benzene rings is 1. The van der Waals surface area contributed by atoms with Crippen molar-refractivity contribution >= 4 is 5.96 Å². The van der Waals surface area contributed by atoms with Gasteiger partial charge in [-0.2, -0.15) is 0 Å². The van der Waals surface area contributed by atoms with Gasteiger partial charge < -0.3 is 15.7 Å². The molecular weight excluding hydrogens is 305 g/mol. The highest BCUT2D eigenvalue weighted by Crippen LogP contribution is 2.25. The Morgan fingerprint density at radius 3 is 2.75 bits per heavy atom. The second kappa shape index (κ2) is 8.47. The summed E-state index contributed by atoms with van der Waals surface area (Å²) in [6.45, 7) is 8.22. The molecule has 1 aromatic rings. The van der Waals surface area contributed by atoms with Gasteiger partial charge in [-0.15, -0.1) is 0 Å². The van der Waals surface area contributed by atoms with Gasteiger partial charge in [0.1, 0.15) is 5.82 Å². The zero-order valence-corrected chi connectivity index (χ0v) is 15.0. The minimum Gasteiger partial charge on any atom is -0.393 e. The number of aliphatic hydroxyl groups is 1. The van der Waals surface area contributed by atoms with Crippen molar-refractivity contribution in [1.29, 1.82) is 0 Å². The number of nitrogens with one attached hydrogen (secondary N) is 2. The summed E-state index contributed by atoms with van der Waals surface area (Å²) in [5.74, 6) is 0.830. The molecule has 5 heteroatoms. The number of hydrogen-bond acceptors (Lipinski definition) is 2. The van der Waals surface area contributed by atoms with E-state index in [0.29, 0.717) is 12.5 Å². The number of rotatable bonds is 6. The van der Waals surface area contributed by atoms with Crippen molar-refractivity contribution < 1.29 is 9.50 Å². The fourth-order valence-corrected chi connectivity index (χ4v) is 3.10. The quantitative estimate of drug-likeness (QED) is 0.553. The normalized spacial score (nSPS) is 21.8. The Morgan fingerprint density at radius 1 is 1.33 bits per heavy atom. The topological polar surface area (TPSA) is 56.7 Å². The van der Waals surface area contributed by atoms with Gasteiger partial charge in [-0.3, -0.25) is 4.99 Å². The minimum absolute atomic E-state index is 0.205. The van der Waals surface area contributed by atoms with Crippen molar-refractivity contribution in [1.82, 2.24) is 10.6 Å². The van der Waals surface area contributed by atoms with E-state index in [1.807, 2.05) is 13.0 Å². The summed E-state index contributed by atoms with van der Waals surface area (Å²) in [6, 6.07) is 6.71. The van der Waals surface area contributed by atoms with Crippen LogP contribution in [0.2, 0.25) is 0 Å². The Morgan fingerprint density at radius 2 is 2.12 bits per heavy atom. The lowest BCUT2D eigenvalue weighted by Crippen LogP contribution is -2.41. The van der Waals surface area contributed by atoms with E-state index >= 15 is 0 Å². The fourth-order valence-electron chi connectivity index (χ4n) is 3.10. The lowest BCUT2D eigenvalue weighted by atomic mass is 9.85. The number of guanidine groups is 1. The Bertz CT molecular complexity index is 559. The summed E-state index contributed by atoms with van der Waals surface area (Å²) in [6.07, 6.45) is 2.84. The molecule has 1 aliphatic carbocycles. The molecule has 0 aliphatic heterocycles. The van der Waals surface area contributed by atoms with Gasteiger partial charge in [0, 0.05) is 24.4 Å². The van der Waals surface area contributed by atoms with Crippen LogP contribution < -0.4 is 10.6 Å². The van der Waals surface area contributed by atoms with Gasteiger partial charge in [-0.05, 0) is 37.5 Å². The van der Waals surface area contributed by atoms with E-state index in [1.165, 1.54) is 6.07 Å². The van der Waals surface area contributed by atoms with Crippen LogP contribution in [0, 0.1) is 11.7 Å². The Hall–Kier alpha value is -1.62. The molecule has 4 nitrogen and oxygen atoms in total. The summed E-state index contributed by atoms with van der Waals surface area (Å²) in [7, 11) is 0. The second-order valence-corrected chi connectivity index (χ2v) is 7.23. The Kier molecular flexibility index (Phi) is 6.60. The van der Waals surface area contributed by atoms with Gasteiger partial charge in [-0.1, -0.05) is 32.4 Å². The van der Waals surface area contributed by atoms with Gasteiger partial charge in [0.15, 0.2) is 5.96 Å². The molecule has 0 heterocycles. The van der Waals surface area contributed by atoms with E-state index in [-0.39, 0.29) is 17.3 Å². The van der Waals surface area contributed by atoms with E-state index < -0.39 is 0 Å². The van der Waals surface area contributed by atoms with E-state index in [4.69, 9.17) is 0 Å². The van der Waals surface area contributed by atoms with Gasteiger partial charge in [0.25, 0.3) is 0 Å². The Balaban J connectivity index is 1.98. The molecule has 3 N–H and O–H groups in total.